The molecule has 0 saturated heterocycles. The van der Waals surface area contributed by atoms with Gasteiger partial charge in [-0.25, -0.2) is 0 Å². The van der Waals surface area contributed by atoms with E-state index in [2.05, 4.69) is 16.2 Å². The Labute approximate surface area is 192 Å². The van der Waals surface area contributed by atoms with Gasteiger partial charge in [-0.3, -0.25) is 25.8 Å². The molecule has 3 rings (SSSR count). The lowest BCUT2D eigenvalue weighted by Crippen LogP contribution is -2.48. The summed E-state index contributed by atoms with van der Waals surface area (Å²) in [5.41, 5.74) is 8.48. The van der Waals surface area contributed by atoms with Gasteiger partial charge < -0.3 is 4.74 Å². The van der Waals surface area contributed by atoms with Gasteiger partial charge in [0.1, 0.15) is 12.4 Å². The number of carbonyl (C=O) groups excluding carboxylic acids is 2. The third kappa shape index (κ3) is 7.37. The van der Waals surface area contributed by atoms with E-state index in [1.54, 1.807) is 30.3 Å². The predicted octanol–water partition coefficient (Wildman–Crippen LogP) is 3.92. The zero-order chi connectivity index (χ0) is 22.8. The number of carbonyl (C=O) groups is 2. The first-order valence-corrected chi connectivity index (χ1v) is 10.3. The van der Waals surface area contributed by atoms with Gasteiger partial charge in [0.2, 0.25) is 5.91 Å². The number of benzene rings is 3. The van der Waals surface area contributed by atoms with E-state index in [1.165, 1.54) is 6.08 Å². The smallest absolute Gasteiger partial charge is 0.269 e. The molecule has 0 aliphatic carbocycles. The molecule has 3 aromatic carbocycles. The third-order valence-corrected chi connectivity index (χ3v) is 4.60. The van der Waals surface area contributed by atoms with Crippen LogP contribution >= 0.6 is 12.2 Å². The van der Waals surface area contributed by atoms with E-state index in [-0.39, 0.29) is 5.11 Å². The van der Waals surface area contributed by atoms with Crippen LogP contribution in [0.15, 0.2) is 84.9 Å². The van der Waals surface area contributed by atoms with Crippen LogP contribution in [0.3, 0.4) is 0 Å². The maximum atomic E-state index is 12.3. The van der Waals surface area contributed by atoms with E-state index in [4.69, 9.17) is 17.0 Å². The summed E-state index contributed by atoms with van der Waals surface area (Å²) in [6, 6.07) is 24.3. The summed E-state index contributed by atoms with van der Waals surface area (Å²) < 4.78 is 5.71. The number of hydrogen-bond donors (Lipinski definition) is 3. The summed E-state index contributed by atoms with van der Waals surface area (Å²) in [6.45, 7) is 2.44. The van der Waals surface area contributed by atoms with Crippen LogP contribution in [-0.4, -0.2) is 16.9 Å². The standard InChI is InChI=1S/C25H23N3O3S/c1-18-7-9-19(10-8-18)11-16-23(29)26-25(32)28-27-24(30)21-12-14-22(15-13-21)31-17-20-5-3-2-4-6-20/h2-16H,17H2,1H3,(H,27,30)(H2,26,28,29,32)/b16-11+. The number of thiocarbonyl (C=S) groups is 1. The van der Waals surface area contributed by atoms with Crippen LogP contribution < -0.4 is 20.9 Å². The molecule has 0 aromatic heterocycles. The lowest BCUT2D eigenvalue weighted by Gasteiger charge is -2.10. The molecule has 32 heavy (non-hydrogen) atoms. The van der Waals surface area contributed by atoms with Crippen molar-refractivity contribution >= 4 is 35.2 Å². The minimum absolute atomic E-state index is 0.0141. The first-order chi connectivity index (χ1) is 15.5. The topological polar surface area (TPSA) is 79.5 Å². The highest BCUT2D eigenvalue weighted by molar-refractivity contribution is 7.80. The molecule has 0 bridgehead atoms. The molecule has 0 heterocycles. The molecular weight excluding hydrogens is 422 g/mol. The van der Waals surface area contributed by atoms with Crippen LogP contribution in [0.2, 0.25) is 0 Å². The second-order valence-electron chi connectivity index (χ2n) is 6.94. The maximum absolute atomic E-state index is 12.3. The fourth-order valence-electron chi connectivity index (χ4n) is 2.66. The summed E-state index contributed by atoms with van der Waals surface area (Å²) in [5, 5.41) is 2.46. The Morgan fingerprint density at radius 2 is 1.59 bits per heavy atom. The molecule has 0 spiro atoms. The molecule has 0 unspecified atom stereocenters. The van der Waals surface area contributed by atoms with Gasteiger partial charge in [0.05, 0.1) is 0 Å². The first-order valence-electron chi connectivity index (χ1n) is 9.92. The Hall–Kier alpha value is -3.97. The van der Waals surface area contributed by atoms with Gasteiger partial charge in [-0.05, 0) is 60.6 Å². The summed E-state index contributed by atoms with van der Waals surface area (Å²) >= 11 is 5.04. The van der Waals surface area contributed by atoms with Crippen molar-refractivity contribution in [3.05, 3.63) is 107 Å². The van der Waals surface area contributed by atoms with Gasteiger partial charge in [-0.15, -0.1) is 0 Å². The average molecular weight is 446 g/mol. The van der Waals surface area contributed by atoms with Gasteiger partial charge >= 0.3 is 0 Å². The third-order valence-electron chi connectivity index (χ3n) is 4.40. The molecule has 3 aromatic rings. The highest BCUT2D eigenvalue weighted by atomic mass is 32.1. The second-order valence-corrected chi connectivity index (χ2v) is 7.35. The van der Waals surface area contributed by atoms with E-state index in [0.29, 0.717) is 17.9 Å². The molecule has 0 fully saturated rings. The monoisotopic (exact) mass is 445 g/mol. The Kier molecular flexibility index (Phi) is 8.11. The molecule has 162 valence electrons. The van der Waals surface area contributed by atoms with E-state index in [0.717, 1.165) is 16.7 Å². The lowest BCUT2D eigenvalue weighted by molar-refractivity contribution is -0.115. The number of rotatable bonds is 6. The average Bonchev–Trinajstić information content (AvgIpc) is 2.82. The minimum atomic E-state index is -0.405. The van der Waals surface area contributed by atoms with Crippen LogP contribution in [0.1, 0.15) is 27.0 Å². The Morgan fingerprint density at radius 3 is 2.28 bits per heavy atom. The predicted molar refractivity (Wildman–Crippen MR) is 129 cm³/mol. The normalized spacial score (nSPS) is 10.4. The highest BCUT2D eigenvalue weighted by Gasteiger charge is 2.07. The molecule has 0 aliphatic heterocycles. The molecular formula is C25H23N3O3S. The van der Waals surface area contributed by atoms with Crippen molar-refractivity contribution in [2.45, 2.75) is 13.5 Å². The summed E-state index contributed by atoms with van der Waals surface area (Å²) in [4.78, 5) is 24.2. The summed E-state index contributed by atoms with van der Waals surface area (Å²) in [6.07, 6.45) is 3.05. The van der Waals surface area contributed by atoms with Crippen molar-refractivity contribution in [2.75, 3.05) is 0 Å². The van der Waals surface area contributed by atoms with Gasteiger partial charge in [0.25, 0.3) is 5.91 Å². The second kappa shape index (κ2) is 11.4. The van der Waals surface area contributed by atoms with Gasteiger partial charge in [-0.1, -0.05) is 60.2 Å². The number of hydrogen-bond acceptors (Lipinski definition) is 4. The molecule has 0 radical (unpaired) electrons. The van der Waals surface area contributed by atoms with Crippen molar-refractivity contribution in [3.63, 3.8) is 0 Å². The molecule has 2 amide bonds. The molecule has 6 nitrogen and oxygen atoms in total. The zero-order valence-electron chi connectivity index (χ0n) is 17.5. The lowest BCUT2D eigenvalue weighted by atomic mass is 10.1. The molecule has 3 N–H and O–H groups in total. The fourth-order valence-corrected chi connectivity index (χ4v) is 2.82. The van der Waals surface area contributed by atoms with E-state index >= 15 is 0 Å². The Bertz CT molecular complexity index is 1100. The first kappa shape index (κ1) is 22.7. The van der Waals surface area contributed by atoms with Crippen molar-refractivity contribution in [3.8, 4) is 5.75 Å². The zero-order valence-corrected chi connectivity index (χ0v) is 18.3. The SMILES string of the molecule is Cc1ccc(/C=C/C(=O)NC(=S)NNC(=O)c2ccc(OCc3ccccc3)cc2)cc1. The fraction of sp³-hybridized carbons (Fsp3) is 0.0800. The van der Waals surface area contributed by atoms with Crippen LogP contribution in [-0.2, 0) is 11.4 Å². The Morgan fingerprint density at radius 1 is 0.906 bits per heavy atom. The molecule has 0 atom stereocenters. The van der Waals surface area contributed by atoms with Gasteiger partial charge in [0, 0.05) is 11.6 Å². The molecule has 0 saturated carbocycles. The van der Waals surface area contributed by atoms with E-state index < -0.39 is 11.8 Å². The minimum Gasteiger partial charge on any atom is -0.489 e. The largest absolute Gasteiger partial charge is 0.489 e. The van der Waals surface area contributed by atoms with E-state index in [9.17, 15) is 9.59 Å². The maximum Gasteiger partial charge on any atom is 0.269 e. The van der Waals surface area contributed by atoms with Crippen molar-refractivity contribution in [1.29, 1.82) is 0 Å². The Balaban J connectivity index is 1.41. The number of hydrazine groups is 1. The van der Waals surface area contributed by atoms with Crippen molar-refractivity contribution < 1.29 is 14.3 Å². The summed E-state index contributed by atoms with van der Waals surface area (Å²) in [5.74, 6) is -0.148. The number of amides is 2. The number of nitrogens with one attached hydrogen (secondary N) is 3. The van der Waals surface area contributed by atoms with Crippen molar-refractivity contribution in [1.82, 2.24) is 16.2 Å². The van der Waals surface area contributed by atoms with Crippen LogP contribution in [0.4, 0.5) is 0 Å². The van der Waals surface area contributed by atoms with Crippen LogP contribution in [0, 0.1) is 6.92 Å². The number of ether oxygens (including phenoxy) is 1. The van der Waals surface area contributed by atoms with Gasteiger partial charge in [-0.2, -0.15) is 0 Å². The molecule has 7 heteroatoms. The molecule has 0 aliphatic rings. The highest BCUT2D eigenvalue weighted by Crippen LogP contribution is 2.14. The summed E-state index contributed by atoms with van der Waals surface area (Å²) in [7, 11) is 0. The number of aryl methyl sites for hydroxylation is 1. The van der Waals surface area contributed by atoms with E-state index in [1.807, 2.05) is 61.5 Å². The van der Waals surface area contributed by atoms with Gasteiger partial charge in [0.15, 0.2) is 5.11 Å². The quantitative estimate of drug-likeness (QED) is 0.304. The van der Waals surface area contributed by atoms with Crippen LogP contribution in [0.25, 0.3) is 6.08 Å². The van der Waals surface area contributed by atoms with Crippen LogP contribution in [0.5, 0.6) is 5.75 Å². The van der Waals surface area contributed by atoms with Crippen molar-refractivity contribution in [2.24, 2.45) is 0 Å².